The summed E-state index contributed by atoms with van der Waals surface area (Å²) >= 11 is 0. The molecule has 7 nitrogen and oxygen atoms in total. The second-order valence-electron chi connectivity index (χ2n) is 6.13. The number of hydrogen-bond acceptors (Lipinski definition) is 5. The van der Waals surface area contributed by atoms with Crippen molar-refractivity contribution in [3.63, 3.8) is 0 Å². The number of hydrogen-bond donors (Lipinski definition) is 0. The molecule has 0 unspecified atom stereocenters. The molecule has 3 rings (SSSR count). The number of Topliss-reactive ketones (excluding diaryl/α,β-unsaturated/α-hetero) is 1. The Morgan fingerprint density at radius 3 is 2.54 bits per heavy atom. The monoisotopic (exact) mass is 367 g/mol. The van der Waals surface area contributed by atoms with E-state index in [4.69, 9.17) is 0 Å². The maximum absolute atomic E-state index is 12.6. The van der Waals surface area contributed by atoms with Crippen LogP contribution in [0.1, 0.15) is 28.8 Å². The van der Waals surface area contributed by atoms with Gasteiger partial charge in [-0.1, -0.05) is 12.1 Å². The SMILES string of the molecule is O=C(c1ccc(C(F)(F)F)cc1)[C@H]1CCCN(C(=O)Cn2cnnn2)C1. The van der Waals surface area contributed by atoms with Crippen molar-refractivity contribution in [3.8, 4) is 0 Å². The van der Waals surface area contributed by atoms with Crippen LogP contribution in [0.25, 0.3) is 0 Å². The fourth-order valence-corrected chi connectivity index (χ4v) is 2.97. The highest BCUT2D eigenvalue weighted by atomic mass is 19.4. The fraction of sp³-hybridized carbons (Fsp3) is 0.438. The molecule has 0 radical (unpaired) electrons. The molecule has 0 N–H and O–H groups in total. The first-order chi connectivity index (χ1) is 12.3. The van der Waals surface area contributed by atoms with Gasteiger partial charge in [0, 0.05) is 24.6 Å². The lowest BCUT2D eigenvalue weighted by molar-refractivity contribution is -0.137. The summed E-state index contributed by atoms with van der Waals surface area (Å²) in [6, 6.07) is 4.17. The van der Waals surface area contributed by atoms with E-state index in [9.17, 15) is 22.8 Å². The Morgan fingerprint density at radius 1 is 1.19 bits per heavy atom. The number of halogens is 3. The van der Waals surface area contributed by atoms with Crippen LogP contribution in [-0.2, 0) is 17.5 Å². The lowest BCUT2D eigenvalue weighted by Gasteiger charge is -2.32. The standard InChI is InChI=1S/C16H16F3N5O2/c17-16(18,19)13-5-3-11(4-6-13)15(26)12-2-1-7-23(8-12)14(25)9-24-10-20-21-22-24/h3-6,10,12H,1-2,7-9H2/t12-/m0/s1. The van der Waals surface area contributed by atoms with Gasteiger partial charge in [0.25, 0.3) is 0 Å². The number of carbonyl (C=O) groups is 2. The number of rotatable bonds is 4. The molecule has 0 saturated carbocycles. The maximum Gasteiger partial charge on any atom is 0.416 e. The Hall–Kier alpha value is -2.78. The summed E-state index contributed by atoms with van der Waals surface area (Å²) in [6.07, 6.45) is -1.87. The highest BCUT2D eigenvalue weighted by Crippen LogP contribution is 2.30. The van der Waals surface area contributed by atoms with E-state index >= 15 is 0 Å². The van der Waals surface area contributed by atoms with Gasteiger partial charge in [-0.2, -0.15) is 13.2 Å². The van der Waals surface area contributed by atoms with E-state index in [2.05, 4.69) is 15.5 Å². The van der Waals surface area contributed by atoms with Crippen LogP contribution in [0.2, 0.25) is 0 Å². The van der Waals surface area contributed by atoms with Crippen LogP contribution < -0.4 is 0 Å². The number of amides is 1. The molecule has 1 fully saturated rings. The minimum Gasteiger partial charge on any atom is -0.340 e. The molecule has 10 heteroatoms. The van der Waals surface area contributed by atoms with Crippen molar-refractivity contribution in [3.05, 3.63) is 41.7 Å². The Labute approximate surface area is 146 Å². The molecule has 1 aliphatic heterocycles. The van der Waals surface area contributed by atoms with Crippen LogP contribution in [0.15, 0.2) is 30.6 Å². The number of carbonyl (C=O) groups excluding carboxylic acids is 2. The van der Waals surface area contributed by atoms with Crippen LogP contribution in [0, 0.1) is 5.92 Å². The number of benzene rings is 1. The third-order valence-electron chi connectivity index (χ3n) is 4.33. The predicted octanol–water partition coefficient (Wildman–Crippen LogP) is 1.81. The number of tetrazole rings is 1. The number of nitrogens with zero attached hydrogens (tertiary/aromatic N) is 5. The van der Waals surface area contributed by atoms with E-state index in [1.54, 1.807) is 4.90 Å². The second-order valence-corrected chi connectivity index (χ2v) is 6.13. The summed E-state index contributed by atoms with van der Waals surface area (Å²) in [5.41, 5.74) is -0.575. The number of piperidine rings is 1. The van der Waals surface area contributed by atoms with Gasteiger partial charge < -0.3 is 4.90 Å². The van der Waals surface area contributed by atoms with Gasteiger partial charge in [-0.3, -0.25) is 9.59 Å². The average molecular weight is 367 g/mol. The Morgan fingerprint density at radius 2 is 1.92 bits per heavy atom. The quantitative estimate of drug-likeness (QED) is 0.770. The zero-order valence-corrected chi connectivity index (χ0v) is 13.7. The zero-order chi connectivity index (χ0) is 18.7. The molecule has 1 saturated heterocycles. The second kappa shape index (κ2) is 7.22. The normalized spacial score (nSPS) is 18.0. The van der Waals surface area contributed by atoms with Gasteiger partial charge in [0.05, 0.1) is 5.56 Å². The Bertz CT molecular complexity index is 774. The maximum atomic E-state index is 12.6. The van der Waals surface area contributed by atoms with Crippen molar-refractivity contribution < 1.29 is 22.8 Å². The lowest BCUT2D eigenvalue weighted by atomic mass is 9.89. The predicted molar refractivity (Wildman–Crippen MR) is 82.9 cm³/mol. The van der Waals surface area contributed by atoms with Crippen LogP contribution in [0.5, 0.6) is 0 Å². The van der Waals surface area contributed by atoms with Gasteiger partial charge in [0.2, 0.25) is 5.91 Å². The summed E-state index contributed by atoms with van der Waals surface area (Å²) in [5.74, 6) is -0.890. The van der Waals surface area contributed by atoms with Crippen LogP contribution in [-0.4, -0.2) is 49.9 Å². The molecule has 2 aromatic rings. The first kappa shape index (κ1) is 18.0. The average Bonchev–Trinajstić information content (AvgIpc) is 3.13. The van der Waals surface area contributed by atoms with Crippen molar-refractivity contribution in [1.82, 2.24) is 25.1 Å². The Kier molecular flexibility index (Phi) is 5.01. The number of alkyl halides is 3. The van der Waals surface area contributed by atoms with Crippen molar-refractivity contribution in [2.75, 3.05) is 13.1 Å². The zero-order valence-electron chi connectivity index (χ0n) is 13.7. The summed E-state index contributed by atoms with van der Waals surface area (Å²) in [7, 11) is 0. The number of aromatic nitrogens is 4. The fourth-order valence-electron chi connectivity index (χ4n) is 2.97. The van der Waals surface area contributed by atoms with Gasteiger partial charge in [0.15, 0.2) is 5.78 Å². The van der Waals surface area contributed by atoms with Gasteiger partial charge in [-0.25, -0.2) is 4.68 Å². The number of ketones is 1. The van der Waals surface area contributed by atoms with Gasteiger partial charge >= 0.3 is 6.18 Å². The van der Waals surface area contributed by atoms with Gasteiger partial charge in [-0.05, 0) is 35.4 Å². The van der Waals surface area contributed by atoms with E-state index < -0.39 is 17.7 Å². The summed E-state index contributed by atoms with van der Waals surface area (Å²) < 4.78 is 39.2. The van der Waals surface area contributed by atoms with Crippen LogP contribution >= 0.6 is 0 Å². The first-order valence-electron chi connectivity index (χ1n) is 8.04. The molecule has 2 heterocycles. The smallest absolute Gasteiger partial charge is 0.340 e. The molecule has 1 aromatic heterocycles. The third-order valence-corrected chi connectivity index (χ3v) is 4.33. The van der Waals surface area contributed by atoms with E-state index in [0.717, 1.165) is 12.1 Å². The highest BCUT2D eigenvalue weighted by Gasteiger charge is 2.32. The minimum absolute atomic E-state index is 0.0197. The van der Waals surface area contributed by atoms with E-state index in [-0.39, 0.29) is 30.3 Å². The molecule has 1 amide bonds. The van der Waals surface area contributed by atoms with Crippen molar-refractivity contribution in [2.45, 2.75) is 25.6 Å². The summed E-state index contributed by atoms with van der Waals surface area (Å²) in [4.78, 5) is 26.5. The molecule has 1 atom stereocenters. The van der Waals surface area contributed by atoms with Crippen LogP contribution in [0.4, 0.5) is 13.2 Å². The molecule has 0 bridgehead atoms. The van der Waals surface area contributed by atoms with Crippen molar-refractivity contribution >= 4 is 11.7 Å². The van der Waals surface area contributed by atoms with E-state index in [0.29, 0.717) is 19.4 Å². The van der Waals surface area contributed by atoms with Crippen molar-refractivity contribution in [1.29, 1.82) is 0 Å². The highest BCUT2D eigenvalue weighted by molar-refractivity contribution is 5.98. The topological polar surface area (TPSA) is 81.0 Å². The lowest BCUT2D eigenvalue weighted by Crippen LogP contribution is -2.43. The van der Waals surface area contributed by atoms with Gasteiger partial charge in [0.1, 0.15) is 12.9 Å². The minimum atomic E-state index is -4.44. The van der Waals surface area contributed by atoms with E-state index in [1.807, 2.05) is 0 Å². The van der Waals surface area contributed by atoms with E-state index in [1.165, 1.54) is 23.1 Å². The molecular formula is C16H16F3N5O2. The van der Waals surface area contributed by atoms with Crippen LogP contribution in [0.3, 0.4) is 0 Å². The summed E-state index contributed by atoms with van der Waals surface area (Å²) in [6.45, 7) is 0.743. The molecule has 0 aliphatic carbocycles. The van der Waals surface area contributed by atoms with Gasteiger partial charge in [-0.15, -0.1) is 5.10 Å². The Balaban J connectivity index is 1.65. The molecule has 26 heavy (non-hydrogen) atoms. The first-order valence-corrected chi connectivity index (χ1v) is 8.04. The largest absolute Gasteiger partial charge is 0.416 e. The third kappa shape index (κ3) is 4.06. The molecule has 138 valence electrons. The molecular weight excluding hydrogens is 351 g/mol. The molecule has 1 aliphatic rings. The number of likely N-dealkylation sites (tertiary alicyclic amines) is 1. The van der Waals surface area contributed by atoms with Crippen molar-refractivity contribution in [2.24, 2.45) is 5.92 Å². The molecule has 0 spiro atoms. The summed E-state index contributed by atoms with van der Waals surface area (Å²) in [5, 5.41) is 10.5. The molecule has 1 aromatic carbocycles.